The van der Waals surface area contributed by atoms with Gasteiger partial charge in [0.05, 0.1) is 12.7 Å². The third kappa shape index (κ3) is 5.01. The largest absolute Gasteiger partial charge is 0.376 e. The molecule has 3 heteroatoms. The molecule has 118 valence electrons. The highest BCUT2D eigenvalue weighted by Crippen LogP contribution is 2.35. The molecular weight excluding hydrogens is 248 g/mol. The van der Waals surface area contributed by atoms with Crippen molar-refractivity contribution in [2.75, 3.05) is 39.3 Å². The molecule has 1 aliphatic carbocycles. The Labute approximate surface area is 125 Å². The van der Waals surface area contributed by atoms with E-state index >= 15 is 0 Å². The average Bonchev–Trinajstić information content (AvgIpc) is 2.65. The second kappa shape index (κ2) is 8.35. The Balaban J connectivity index is 1.93. The fourth-order valence-corrected chi connectivity index (χ4v) is 3.91. The SMILES string of the molecule is CCCNCC1(CN2CCOC(C)C2)CCCCCC1. The molecule has 1 unspecified atom stereocenters. The first-order valence-corrected chi connectivity index (χ1v) is 8.79. The van der Waals surface area contributed by atoms with Crippen molar-refractivity contribution in [1.82, 2.24) is 10.2 Å². The van der Waals surface area contributed by atoms with Gasteiger partial charge in [-0.25, -0.2) is 0 Å². The lowest BCUT2D eigenvalue weighted by molar-refractivity contribution is -0.0342. The zero-order valence-electron chi connectivity index (χ0n) is 13.6. The molecule has 1 atom stereocenters. The third-order valence-electron chi connectivity index (χ3n) is 4.98. The van der Waals surface area contributed by atoms with E-state index in [1.54, 1.807) is 0 Å². The number of nitrogens with one attached hydrogen (secondary N) is 1. The van der Waals surface area contributed by atoms with E-state index in [-0.39, 0.29) is 0 Å². The Morgan fingerprint density at radius 2 is 1.95 bits per heavy atom. The minimum Gasteiger partial charge on any atom is -0.376 e. The number of morpholine rings is 1. The molecule has 0 spiro atoms. The van der Waals surface area contributed by atoms with E-state index in [1.165, 1.54) is 64.6 Å². The fourth-order valence-electron chi connectivity index (χ4n) is 3.91. The molecule has 3 nitrogen and oxygen atoms in total. The Kier molecular flexibility index (Phi) is 6.79. The zero-order chi connectivity index (χ0) is 14.3. The van der Waals surface area contributed by atoms with Gasteiger partial charge in [0.25, 0.3) is 0 Å². The monoisotopic (exact) mass is 282 g/mol. The maximum atomic E-state index is 5.70. The lowest BCUT2D eigenvalue weighted by Crippen LogP contribution is -2.49. The molecule has 0 bridgehead atoms. The molecule has 2 rings (SSSR count). The molecule has 0 aromatic heterocycles. The van der Waals surface area contributed by atoms with Crippen LogP contribution in [0.1, 0.15) is 58.8 Å². The van der Waals surface area contributed by atoms with Crippen LogP contribution in [0.3, 0.4) is 0 Å². The van der Waals surface area contributed by atoms with Crippen molar-refractivity contribution in [2.45, 2.75) is 64.9 Å². The molecule has 0 aromatic carbocycles. The molecular formula is C17H34N2O. The first kappa shape index (κ1) is 16.3. The summed E-state index contributed by atoms with van der Waals surface area (Å²) in [6.07, 6.45) is 10.2. The van der Waals surface area contributed by atoms with Crippen LogP contribution in [-0.4, -0.2) is 50.3 Å². The number of ether oxygens (including phenoxy) is 1. The van der Waals surface area contributed by atoms with Crippen LogP contribution in [0.5, 0.6) is 0 Å². The summed E-state index contributed by atoms with van der Waals surface area (Å²) in [6, 6.07) is 0. The van der Waals surface area contributed by atoms with Gasteiger partial charge in [0.2, 0.25) is 0 Å². The van der Waals surface area contributed by atoms with Crippen LogP contribution in [0.2, 0.25) is 0 Å². The highest BCUT2D eigenvalue weighted by atomic mass is 16.5. The van der Waals surface area contributed by atoms with Crippen LogP contribution in [0.15, 0.2) is 0 Å². The summed E-state index contributed by atoms with van der Waals surface area (Å²) < 4.78 is 5.70. The van der Waals surface area contributed by atoms with Gasteiger partial charge in [-0.2, -0.15) is 0 Å². The first-order chi connectivity index (χ1) is 9.74. The van der Waals surface area contributed by atoms with E-state index in [9.17, 15) is 0 Å². The van der Waals surface area contributed by atoms with Crippen LogP contribution < -0.4 is 5.32 Å². The Morgan fingerprint density at radius 1 is 1.20 bits per heavy atom. The standard InChI is InChI=1S/C17H34N2O/c1-3-10-18-14-17(8-6-4-5-7-9-17)15-19-11-12-20-16(2)13-19/h16,18H,3-15H2,1-2H3. The highest BCUT2D eigenvalue weighted by molar-refractivity contribution is 4.88. The molecule has 0 radical (unpaired) electrons. The molecule has 1 saturated carbocycles. The summed E-state index contributed by atoms with van der Waals surface area (Å²) in [7, 11) is 0. The maximum absolute atomic E-state index is 5.70. The second-order valence-electron chi connectivity index (χ2n) is 7.01. The van der Waals surface area contributed by atoms with Gasteiger partial charge in [-0.15, -0.1) is 0 Å². The van der Waals surface area contributed by atoms with E-state index in [0.717, 1.165) is 19.7 Å². The van der Waals surface area contributed by atoms with Gasteiger partial charge >= 0.3 is 0 Å². The van der Waals surface area contributed by atoms with Crippen molar-refractivity contribution in [1.29, 1.82) is 0 Å². The lowest BCUT2D eigenvalue weighted by atomic mass is 9.79. The van der Waals surface area contributed by atoms with Crippen LogP contribution in [0.25, 0.3) is 0 Å². The van der Waals surface area contributed by atoms with Gasteiger partial charge in [0, 0.05) is 26.2 Å². The number of hydrogen-bond donors (Lipinski definition) is 1. The van der Waals surface area contributed by atoms with Gasteiger partial charge in [-0.05, 0) is 38.1 Å². The topological polar surface area (TPSA) is 24.5 Å². The van der Waals surface area contributed by atoms with Gasteiger partial charge in [-0.3, -0.25) is 4.90 Å². The molecule has 20 heavy (non-hydrogen) atoms. The van der Waals surface area contributed by atoms with Crippen molar-refractivity contribution in [2.24, 2.45) is 5.41 Å². The molecule has 1 aliphatic heterocycles. The predicted octanol–water partition coefficient (Wildman–Crippen LogP) is 3.05. The zero-order valence-corrected chi connectivity index (χ0v) is 13.6. The minimum atomic E-state index is 0.412. The summed E-state index contributed by atoms with van der Waals surface area (Å²) in [5.74, 6) is 0. The lowest BCUT2D eigenvalue weighted by Gasteiger charge is -2.41. The van der Waals surface area contributed by atoms with Gasteiger partial charge in [0.1, 0.15) is 0 Å². The minimum absolute atomic E-state index is 0.412. The third-order valence-corrected chi connectivity index (χ3v) is 4.98. The van der Waals surface area contributed by atoms with E-state index in [2.05, 4.69) is 24.1 Å². The van der Waals surface area contributed by atoms with Crippen LogP contribution >= 0.6 is 0 Å². The van der Waals surface area contributed by atoms with Gasteiger partial charge in [0.15, 0.2) is 0 Å². The summed E-state index contributed by atoms with van der Waals surface area (Å²) in [4.78, 5) is 2.66. The second-order valence-corrected chi connectivity index (χ2v) is 7.01. The molecule has 1 N–H and O–H groups in total. The van der Waals surface area contributed by atoms with Crippen molar-refractivity contribution < 1.29 is 4.74 Å². The van der Waals surface area contributed by atoms with Gasteiger partial charge in [-0.1, -0.05) is 32.6 Å². The molecule has 2 aliphatic rings. The fraction of sp³-hybridized carbons (Fsp3) is 1.00. The van der Waals surface area contributed by atoms with Crippen molar-refractivity contribution in [3.8, 4) is 0 Å². The molecule has 0 aromatic rings. The van der Waals surface area contributed by atoms with Gasteiger partial charge < -0.3 is 10.1 Å². The average molecular weight is 282 g/mol. The highest BCUT2D eigenvalue weighted by Gasteiger charge is 2.33. The van der Waals surface area contributed by atoms with E-state index in [0.29, 0.717) is 11.5 Å². The van der Waals surface area contributed by atoms with E-state index < -0.39 is 0 Å². The van der Waals surface area contributed by atoms with Crippen LogP contribution in [-0.2, 0) is 4.74 Å². The van der Waals surface area contributed by atoms with Crippen molar-refractivity contribution >= 4 is 0 Å². The van der Waals surface area contributed by atoms with E-state index in [1.807, 2.05) is 0 Å². The predicted molar refractivity (Wildman–Crippen MR) is 85.1 cm³/mol. The summed E-state index contributed by atoms with van der Waals surface area (Å²) in [5.41, 5.74) is 0.517. The Morgan fingerprint density at radius 3 is 2.60 bits per heavy atom. The van der Waals surface area contributed by atoms with E-state index in [4.69, 9.17) is 4.74 Å². The molecule has 0 amide bonds. The van der Waals surface area contributed by atoms with Crippen molar-refractivity contribution in [3.05, 3.63) is 0 Å². The normalized spacial score (nSPS) is 28.2. The molecule has 1 saturated heterocycles. The van der Waals surface area contributed by atoms with Crippen molar-refractivity contribution in [3.63, 3.8) is 0 Å². The van der Waals surface area contributed by atoms with Crippen LogP contribution in [0.4, 0.5) is 0 Å². The van der Waals surface area contributed by atoms with Crippen LogP contribution in [0, 0.1) is 5.41 Å². The Bertz CT molecular complexity index is 262. The summed E-state index contributed by atoms with van der Waals surface area (Å²) in [5, 5.41) is 3.72. The Hall–Kier alpha value is -0.120. The number of hydrogen-bond acceptors (Lipinski definition) is 3. The molecule has 1 heterocycles. The summed E-state index contributed by atoms with van der Waals surface area (Å²) in [6.45, 7) is 11.3. The number of rotatable bonds is 6. The quantitative estimate of drug-likeness (QED) is 0.598. The molecule has 2 fully saturated rings. The smallest absolute Gasteiger partial charge is 0.0674 e. The number of nitrogens with zero attached hydrogens (tertiary/aromatic N) is 1. The first-order valence-electron chi connectivity index (χ1n) is 8.79. The summed E-state index contributed by atoms with van der Waals surface area (Å²) >= 11 is 0. The maximum Gasteiger partial charge on any atom is 0.0674 e.